The average Bonchev–Trinajstić information content (AvgIpc) is 3.19. The van der Waals surface area contributed by atoms with Crippen LogP contribution < -0.4 is 0 Å². The van der Waals surface area contributed by atoms with E-state index in [1.165, 1.54) is 31.3 Å². The van der Waals surface area contributed by atoms with E-state index in [9.17, 15) is 4.79 Å². The van der Waals surface area contributed by atoms with Crippen molar-refractivity contribution in [2.45, 2.75) is 144 Å². The van der Waals surface area contributed by atoms with Crippen LogP contribution in [0.2, 0.25) is 18.1 Å². The van der Waals surface area contributed by atoms with Gasteiger partial charge in [-0.3, -0.25) is 4.79 Å². The largest absolute Gasteiger partial charge is 0.469 e. The van der Waals surface area contributed by atoms with Gasteiger partial charge in [-0.05, 0) is 129 Å². The van der Waals surface area contributed by atoms with Crippen LogP contribution in [-0.4, -0.2) is 27.5 Å². The number of carbonyl (C=O) groups is 1. The van der Waals surface area contributed by atoms with Crippen LogP contribution in [0.15, 0.2) is 34.4 Å². The summed E-state index contributed by atoms with van der Waals surface area (Å²) < 4.78 is 12.5. The molecule has 1 saturated carbocycles. The Kier molecular flexibility index (Phi) is 8.63. The Morgan fingerprint density at radius 3 is 2.35 bits per heavy atom. The van der Waals surface area contributed by atoms with E-state index in [-0.39, 0.29) is 33.2 Å². The van der Waals surface area contributed by atoms with E-state index < -0.39 is 8.32 Å². The minimum absolute atomic E-state index is 0.0136. The molecule has 4 heteroatoms. The summed E-state index contributed by atoms with van der Waals surface area (Å²) in [5.74, 6) is 0.942. The zero-order valence-corrected chi connectivity index (χ0v) is 29.1. The highest BCUT2D eigenvalue weighted by Gasteiger charge is 2.59. The molecular formula is C36H60O3Si. The highest BCUT2D eigenvalue weighted by atomic mass is 28.4. The van der Waals surface area contributed by atoms with E-state index in [2.05, 4.69) is 87.6 Å². The van der Waals surface area contributed by atoms with Crippen molar-refractivity contribution in [3.05, 3.63) is 34.4 Å². The van der Waals surface area contributed by atoms with Gasteiger partial charge < -0.3 is 9.16 Å². The standard InChI is InChI=1S/C36H60O3Si/c1-24(2)14-13-15-26(32(37)38-10)28-18-17-27-25-16-19-30-34(6,7)31(39-40(11,12)33(3,4)5)21-23-36(30,9)29(25)20-22-35(27,28)8/h14,17,26,28,30-31H,13,15-16,18-23H2,1-12H3/t26-,28-,30+,31+,35+,36-/m1/s1. The maximum absolute atomic E-state index is 13.1. The third kappa shape index (κ3) is 5.27. The third-order valence-electron chi connectivity index (χ3n) is 12.7. The molecule has 0 saturated heterocycles. The van der Waals surface area contributed by atoms with Gasteiger partial charge in [-0.25, -0.2) is 0 Å². The molecular weight excluding hydrogens is 508 g/mol. The molecule has 4 aliphatic rings. The minimum Gasteiger partial charge on any atom is -0.469 e. The second-order valence-electron chi connectivity index (χ2n) is 16.6. The summed E-state index contributed by atoms with van der Waals surface area (Å²) in [4.78, 5) is 13.1. The van der Waals surface area contributed by atoms with Crippen LogP contribution in [0.1, 0.15) is 120 Å². The van der Waals surface area contributed by atoms with E-state index in [4.69, 9.17) is 9.16 Å². The molecule has 0 unspecified atom stereocenters. The smallest absolute Gasteiger partial charge is 0.308 e. The molecule has 1 fully saturated rings. The molecule has 226 valence electrons. The quantitative estimate of drug-likeness (QED) is 0.174. The fourth-order valence-corrected chi connectivity index (χ4v) is 10.7. The van der Waals surface area contributed by atoms with Crippen LogP contribution >= 0.6 is 0 Å². The van der Waals surface area contributed by atoms with Crippen LogP contribution in [0.25, 0.3) is 0 Å². The maximum Gasteiger partial charge on any atom is 0.308 e. The molecule has 4 aliphatic carbocycles. The van der Waals surface area contributed by atoms with Gasteiger partial charge in [-0.15, -0.1) is 0 Å². The Morgan fingerprint density at radius 1 is 1.07 bits per heavy atom. The number of carbonyl (C=O) groups excluding carboxylic acids is 1. The van der Waals surface area contributed by atoms with E-state index in [1.54, 1.807) is 23.8 Å². The SMILES string of the molecule is COC(=O)[C@H](CCC=C(C)C)[C@H]1CC=C2C3=C(CC[C@@]21C)[C@@]1(C)CC[C@H](O[Si](C)(C)C(C)(C)C)C(C)(C)[C@@H]1CC3. The van der Waals surface area contributed by atoms with Gasteiger partial charge in [0.05, 0.1) is 19.1 Å². The third-order valence-corrected chi connectivity index (χ3v) is 17.1. The molecule has 0 bridgehead atoms. The molecule has 0 N–H and O–H groups in total. The van der Waals surface area contributed by atoms with Crippen molar-refractivity contribution in [1.29, 1.82) is 0 Å². The molecule has 0 aliphatic heterocycles. The first kappa shape index (κ1) is 31.8. The van der Waals surface area contributed by atoms with Crippen molar-refractivity contribution in [3.63, 3.8) is 0 Å². The summed E-state index contributed by atoms with van der Waals surface area (Å²) in [6.07, 6.45) is 15.2. The van der Waals surface area contributed by atoms with Crippen molar-refractivity contribution in [2.75, 3.05) is 7.11 Å². The summed E-state index contributed by atoms with van der Waals surface area (Å²) in [7, 11) is -0.266. The van der Waals surface area contributed by atoms with E-state index in [1.807, 2.05) is 0 Å². The predicted molar refractivity (Wildman–Crippen MR) is 171 cm³/mol. The van der Waals surface area contributed by atoms with Crippen LogP contribution in [0, 0.1) is 34.0 Å². The number of esters is 1. The van der Waals surface area contributed by atoms with E-state index in [0.29, 0.717) is 17.9 Å². The van der Waals surface area contributed by atoms with Crippen molar-refractivity contribution >= 4 is 14.3 Å². The van der Waals surface area contributed by atoms with Gasteiger partial charge in [0.25, 0.3) is 0 Å². The number of hydrogen-bond donors (Lipinski definition) is 0. The first-order valence-corrected chi connectivity index (χ1v) is 19.1. The number of rotatable bonds is 7. The Bertz CT molecular complexity index is 1080. The molecule has 0 spiro atoms. The molecule has 0 aromatic heterocycles. The summed E-state index contributed by atoms with van der Waals surface area (Å²) in [6.45, 7) is 26.3. The summed E-state index contributed by atoms with van der Waals surface area (Å²) in [6, 6.07) is 0. The molecule has 0 aromatic carbocycles. The van der Waals surface area contributed by atoms with Crippen LogP contribution in [0.4, 0.5) is 0 Å². The van der Waals surface area contributed by atoms with Crippen molar-refractivity contribution in [3.8, 4) is 0 Å². The van der Waals surface area contributed by atoms with Gasteiger partial charge in [-0.2, -0.15) is 0 Å². The molecule has 6 atom stereocenters. The number of ether oxygens (including phenoxy) is 1. The Morgan fingerprint density at radius 2 is 1.75 bits per heavy atom. The van der Waals surface area contributed by atoms with Gasteiger partial charge in [0, 0.05) is 0 Å². The molecule has 40 heavy (non-hydrogen) atoms. The highest BCUT2D eigenvalue weighted by molar-refractivity contribution is 6.74. The number of hydrogen-bond acceptors (Lipinski definition) is 3. The van der Waals surface area contributed by atoms with Gasteiger partial charge in [0.2, 0.25) is 0 Å². The lowest BCUT2D eigenvalue weighted by Crippen LogP contribution is -2.57. The number of allylic oxidation sites excluding steroid dienone is 6. The molecule has 3 nitrogen and oxygen atoms in total. The molecule has 0 aromatic rings. The first-order valence-electron chi connectivity index (χ1n) is 16.2. The Labute approximate surface area is 247 Å². The number of fused-ring (bicyclic) bond motifs is 4. The first-order chi connectivity index (χ1) is 18.4. The molecule has 0 amide bonds. The van der Waals surface area contributed by atoms with Gasteiger partial charge in [0.15, 0.2) is 8.32 Å². The lowest BCUT2D eigenvalue weighted by Gasteiger charge is -2.61. The summed E-state index contributed by atoms with van der Waals surface area (Å²) >= 11 is 0. The van der Waals surface area contributed by atoms with E-state index in [0.717, 1.165) is 32.1 Å². The monoisotopic (exact) mass is 568 g/mol. The second kappa shape index (κ2) is 10.9. The maximum atomic E-state index is 13.1. The lowest BCUT2D eigenvalue weighted by atomic mass is 9.46. The average molecular weight is 569 g/mol. The molecule has 0 heterocycles. The number of methoxy groups -OCH3 is 1. The summed E-state index contributed by atoms with van der Waals surface area (Å²) in [5.41, 5.74) is 6.82. The predicted octanol–water partition coefficient (Wildman–Crippen LogP) is 10.2. The van der Waals surface area contributed by atoms with Crippen molar-refractivity contribution in [1.82, 2.24) is 0 Å². The second-order valence-corrected chi connectivity index (χ2v) is 21.3. The van der Waals surface area contributed by atoms with Crippen LogP contribution in [0.3, 0.4) is 0 Å². The fourth-order valence-electron chi connectivity index (χ4n) is 9.24. The zero-order chi connectivity index (χ0) is 29.9. The van der Waals surface area contributed by atoms with Crippen LogP contribution in [-0.2, 0) is 14.0 Å². The summed E-state index contributed by atoms with van der Waals surface area (Å²) in [5, 5.41) is 0.235. The van der Waals surface area contributed by atoms with Crippen LogP contribution in [0.5, 0.6) is 0 Å². The highest BCUT2D eigenvalue weighted by Crippen LogP contribution is 2.67. The van der Waals surface area contributed by atoms with Gasteiger partial charge >= 0.3 is 5.97 Å². The Hall–Kier alpha value is -1.13. The lowest BCUT2D eigenvalue weighted by molar-refractivity contribution is -0.149. The topological polar surface area (TPSA) is 35.5 Å². The van der Waals surface area contributed by atoms with Crippen molar-refractivity contribution in [2.24, 2.45) is 34.0 Å². The minimum atomic E-state index is -1.83. The molecule has 0 radical (unpaired) electrons. The van der Waals surface area contributed by atoms with Crippen molar-refractivity contribution < 1.29 is 14.0 Å². The molecule has 4 rings (SSSR count). The van der Waals surface area contributed by atoms with Gasteiger partial charge in [-0.1, -0.05) is 71.8 Å². The van der Waals surface area contributed by atoms with E-state index >= 15 is 0 Å². The fraction of sp³-hybridized carbons (Fsp3) is 0.806. The Balaban J connectivity index is 1.61. The zero-order valence-electron chi connectivity index (χ0n) is 28.1. The van der Waals surface area contributed by atoms with Gasteiger partial charge in [0.1, 0.15) is 0 Å². The normalized spacial score (nSPS) is 34.3.